The highest BCUT2D eigenvalue weighted by molar-refractivity contribution is 5.50. The molecule has 76 valence electrons. The first-order chi connectivity index (χ1) is 6.86. The van der Waals surface area contributed by atoms with Crippen molar-refractivity contribution in [2.45, 2.75) is 33.1 Å². The Kier molecular flexibility index (Phi) is 2.66. The van der Waals surface area contributed by atoms with E-state index in [9.17, 15) is 0 Å². The predicted octanol–water partition coefficient (Wildman–Crippen LogP) is 1.81. The van der Waals surface area contributed by atoms with Gasteiger partial charge in [-0.05, 0) is 33.1 Å². The van der Waals surface area contributed by atoms with Crippen molar-refractivity contribution in [3.8, 4) is 0 Å². The molecule has 0 radical (unpaired) electrons. The summed E-state index contributed by atoms with van der Waals surface area (Å²) < 4.78 is 0. The van der Waals surface area contributed by atoms with E-state index in [2.05, 4.69) is 28.7 Å². The van der Waals surface area contributed by atoms with Crippen molar-refractivity contribution in [1.82, 2.24) is 9.97 Å². The van der Waals surface area contributed by atoms with E-state index in [0.717, 1.165) is 31.7 Å². The Hall–Kier alpha value is -1.12. The molecule has 0 bridgehead atoms. The summed E-state index contributed by atoms with van der Waals surface area (Å²) in [6.45, 7) is 6.40. The van der Waals surface area contributed by atoms with Crippen LogP contribution >= 0.6 is 0 Å². The monoisotopic (exact) mass is 191 g/mol. The highest BCUT2D eigenvalue weighted by Gasteiger charge is 2.19. The molecule has 3 nitrogen and oxygen atoms in total. The summed E-state index contributed by atoms with van der Waals surface area (Å²) in [6.07, 6.45) is 5.23. The molecule has 0 atom stereocenters. The fraction of sp³-hybridized carbons (Fsp3) is 0.636. The molecule has 1 aliphatic carbocycles. The van der Waals surface area contributed by atoms with Crippen LogP contribution in [0.5, 0.6) is 0 Å². The molecule has 0 aliphatic heterocycles. The molecule has 2 rings (SSSR count). The Morgan fingerprint density at radius 1 is 1.21 bits per heavy atom. The number of anilines is 1. The number of hydrogen-bond acceptors (Lipinski definition) is 3. The lowest BCUT2D eigenvalue weighted by molar-refractivity contribution is 0.828. The second kappa shape index (κ2) is 3.95. The molecular formula is C11H17N3. The van der Waals surface area contributed by atoms with Crippen LogP contribution in [0.4, 0.5) is 5.82 Å². The molecule has 0 N–H and O–H groups in total. The third-order valence-electron chi connectivity index (χ3n) is 2.92. The van der Waals surface area contributed by atoms with Gasteiger partial charge < -0.3 is 4.90 Å². The van der Waals surface area contributed by atoms with Gasteiger partial charge in [-0.15, -0.1) is 0 Å². The first kappa shape index (κ1) is 9.44. The van der Waals surface area contributed by atoms with Gasteiger partial charge in [-0.3, -0.25) is 0 Å². The summed E-state index contributed by atoms with van der Waals surface area (Å²) in [5, 5.41) is 0. The lowest BCUT2D eigenvalue weighted by Crippen LogP contribution is -2.24. The van der Waals surface area contributed by atoms with Gasteiger partial charge in [0.1, 0.15) is 12.1 Å². The maximum Gasteiger partial charge on any atom is 0.135 e. The van der Waals surface area contributed by atoms with Crippen LogP contribution in [0.15, 0.2) is 6.33 Å². The van der Waals surface area contributed by atoms with Crippen LogP contribution < -0.4 is 4.90 Å². The van der Waals surface area contributed by atoms with Gasteiger partial charge in [-0.25, -0.2) is 9.97 Å². The average molecular weight is 191 g/mol. The van der Waals surface area contributed by atoms with Crippen LogP contribution in [0.3, 0.4) is 0 Å². The highest BCUT2D eigenvalue weighted by atomic mass is 15.2. The molecule has 3 heteroatoms. The number of hydrogen-bond donors (Lipinski definition) is 0. The third kappa shape index (κ3) is 1.47. The predicted molar refractivity (Wildman–Crippen MR) is 57.6 cm³/mol. The molecule has 14 heavy (non-hydrogen) atoms. The smallest absolute Gasteiger partial charge is 0.135 e. The van der Waals surface area contributed by atoms with Crippen molar-refractivity contribution in [3.63, 3.8) is 0 Å². The molecule has 0 aromatic carbocycles. The Morgan fingerprint density at radius 2 is 2.00 bits per heavy atom. The Morgan fingerprint density at radius 3 is 2.71 bits per heavy atom. The minimum Gasteiger partial charge on any atom is -0.357 e. The maximum atomic E-state index is 4.41. The SMILES string of the molecule is CCN(CC)c1ncnc2c1CCC2. The first-order valence-electron chi connectivity index (χ1n) is 5.44. The van der Waals surface area contributed by atoms with Crippen LogP contribution in [0.25, 0.3) is 0 Å². The van der Waals surface area contributed by atoms with Gasteiger partial charge in [0.25, 0.3) is 0 Å². The molecule has 0 amide bonds. The summed E-state index contributed by atoms with van der Waals surface area (Å²) in [4.78, 5) is 11.1. The van der Waals surface area contributed by atoms with Crippen LogP contribution in [-0.4, -0.2) is 23.1 Å². The zero-order chi connectivity index (χ0) is 9.97. The average Bonchev–Trinajstić information content (AvgIpc) is 2.68. The van der Waals surface area contributed by atoms with Crippen molar-refractivity contribution in [3.05, 3.63) is 17.6 Å². The van der Waals surface area contributed by atoms with E-state index < -0.39 is 0 Å². The molecule has 0 saturated heterocycles. The van der Waals surface area contributed by atoms with Gasteiger partial charge in [0.05, 0.1) is 0 Å². The second-order valence-corrected chi connectivity index (χ2v) is 3.65. The van der Waals surface area contributed by atoms with Crippen molar-refractivity contribution in [2.24, 2.45) is 0 Å². The van der Waals surface area contributed by atoms with Crippen LogP contribution in [0, 0.1) is 0 Å². The van der Waals surface area contributed by atoms with E-state index in [1.54, 1.807) is 6.33 Å². The van der Waals surface area contributed by atoms with Crippen molar-refractivity contribution in [1.29, 1.82) is 0 Å². The summed E-state index contributed by atoms with van der Waals surface area (Å²) >= 11 is 0. The highest BCUT2D eigenvalue weighted by Crippen LogP contribution is 2.27. The molecule has 0 fully saturated rings. The topological polar surface area (TPSA) is 29.0 Å². The molecule has 0 saturated carbocycles. The largest absolute Gasteiger partial charge is 0.357 e. The van der Waals surface area contributed by atoms with Gasteiger partial charge in [-0.1, -0.05) is 0 Å². The van der Waals surface area contributed by atoms with Crippen LogP contribution in [0.1, 0.15) is 31.5 Å². The van der Waals surface area contributed by atoms with Gasteiger partial charge in [-0.2, -0.15) is 0 Å². The fourth-order valence-corrected chi connectivity index (χ4v) is 2.14. The third-order valence-corrected chi connectivity index (χ3v) is 2.92. The van der Waals surface area contributed by atoms with E-state index in [4.69, 9.17) is 0 Å². The standard InChI is InChI=1S/C11H17N3/c1-3-14(4-2)11-9-6-5-7-10(9)12-8-13-11/h8H,3-7H2,1-2H3. The van der Waals surface area contributed by atoms with Gasteiger partial charge in [0, 0.05) is 24.3 Å². The number of aryl methyl sites for hydroxylation is 1. The number of rotatable bonds is 3. The zero-order valence-corrected chi connectivity index (χ0v) is 8.95. The summed E-state index contributed by atoms with van der Waals surface area (Å²) in [5.41, 5.74) is 2.65. The number of aromatic nitrogens is 2. The van der Waals surface area contributed by atoms with Crippen molar-refractivity contribution >= 4 is 5.82 Å². The van der Waals surface area contributed by atoms with E-state index in [1.807, 2.05) is 0 Å². The van der Waals surface area contributed by atoms with E-state index >= 15 is 0 Å². The van der Waals surface area contributed by atoms with Crippen LogP contribution in [0.2, 0.25) is 0 Å². The molecule has 1 aliphatic rings. The Labute approximate surface area is 85.2 Å². The number of nitrogens with zero attached hydrogens (tertiary/aromatic N) is 3. The van der Waals surface area contributed by atoms with Gasteiger partial charge >= 0.3 is 0 Å². The maximum absolute atomic E-state index is 4.41. The van der Waals surface area contributed by atoms with E-state index in [0.29, 0.717) is 0 Å². The molecular weight excluding hydrogens is 174 g/mol. The normalized spacial score (nSPS) is 14.1. The molecule has 1 aromatic heterocycles. The van der Waals surface area contributed by atoms with Crippen molar-refractivity contribution in [2.75, 3.05) is 18.0 Å². The molecule has 0 spiro atoms. The Bertz CT molecular complexity index is 318. The number of fused-ring (bicyclic) bond motifs is 1. The van der Waals surface area contributed by atoms with Gasteiger partial charge in [0.15, 0.2) is 0 Å². The summed E-state index contributed by atoms with van der Waals surface area (Å²) in [7, 11) is 0. The van der Waals surface area contributed by atoms with E-state index in [1.165, 1.54) is 17.7 Å². The Balaban J connectivity index is 2.38. The first-order valence-corrected chi connectivity index (χ1v) is 5.44. The molecule has 0 unspecified atom stereocenters. The fourth-order valence-electron chi connectivity index (χ4n) is 2.14. The van der Waals surface area contributed by atoms with Crippen molar-refractivity contribution < 1.29 is 0 Å². The zero-order valence-electron chi connectivity index (χ0n) is 8.95. The summed E-state index contributed by atoms with van der Waals surface area (Å²) in [5.74, 6) is 1.16. The molecule has 1 aromatic rings. The lowest BCUT2D eigenvalue weighted by atomic mass is 10.2. The lowest BCUT2D eigenvalue weighted by Gasteiger charge is -2.21. The van der Waals surface area contributed by atoms with Gasteiger partial charge in [0.2, 0.25) is 0 Å². The minimum absolute atomic E-state index is 1.03. The molecule has 1 heterocycles. The van der Waals surface area contributed by atoms with Crippen LogP contribution in [-0.2, 0) is 12.8 Å². The minimum atomic E-state index is 1.03. The quantitative estimate of drug-likeness (QED) is 0.729. The summed E-state index contributed by atoms with van der Waals surface area (Å²) in [6, 6.07) is 0. The second-order valence-electron chi connectivity index (χ2n) is 3.65. The van der Waals surface area contributed by atoms with E-state index in [-0.39, 0.29) is 0 Å².